The standard InChI is InChI=1S/C10H15ClN/c1-12(2,3)10(11)9-7-5-4-6-8-9/h4-8,10H,1-3H3/q+1. The highest BCUT2D eigenvalue weighted by molar-refractivity contribution is 6.19. The largest absolute Gasteiger partial charge is 0.312 e. The van der Waals surface area contributed by atoms with Crippen molar-refractivity contribution >= 4 is 11.6 Å². The predicted octanol–water partition coefficient (Wildman–Crippen LogP) is 2.63. The van der Waals surface area contributed by atoms with Crippen LogP contribution in [0.2, 0.25) is 0 Å². The van der Waals surface area contributed by atoms with Gasteiger partial charge >= 0.3 is 0 Å². The second-order valence-corrected chi connectivity index (χ2v) is 4.28. The lowest BCUT2D eigenvalue weighted by molar-refractivity contribution is -0.888. The molecule has 1 unspecified atom stereocenters. The van der Waals surface area contributed by atoms with E-state index in [-0.39, 0.29) is 5.50 Å². The quantitative estimate of drug-likeness (QED) is 0.377. The average molecular weight is 185 g/mol. The molecule has 1 atom stereocenters. The molecule has 1 rings (SSSR count). The van der Waals surface area contributed by atoms with E-state index < -0.39 is 0 Å². The van der Waals surface area contributed by atoms with E-state index in [2.05, 4.69) is 33.3 Å². The molecule has 0 bridgehead atoms. The Morgan fingerprint density at radius 3 is 2.00 bits per heavy atom. The zero-order valence-electron chi connectivity index (χ0n) is 7.79. The highest BCUT2D eigenvalue weighted by atomic mass is 35.5. The molecule has 1 aromatic carbocycles. The van der Waals surface area contributed by atoms with Crippen LogP contribution in [-0.2, 0) is 0 Å². The van der Waals surface area contributed by atoms with E-state index in [0.717, 1.165) is 4.48 Å². The van der Waals surface area contributed by atoms with E-state index in [9.17, 15) is 0 Å². The Balaban J connectivity index is 2.86. The van der Waals surface area contributed by atoms with Crippen molar-refractivity contribution in [2.75, 3.05) is 21.1 Å². The van der Waals surface area contributed by atoms with Crippen LogP contribution < -0.4 is 0 Å². The molecular weight excluding hydrogens is 170 g/mol. The molecule has 0 saturated carbocycles. The van der Waals surface area contributed by atoms with Crippen LogP contribution in [0.4, 0.5) is 0 Å². The number of rotatable bonds is 2. The molecule has 0 aliphatic heterocycles. The first-order chi connectivity index (χ1) is 5.52. The second-order valence-electron chi connectivity index (χ2n) is 3.86. The number of benzene rings is 1. The topological polar surface area (TPSA) is 0 Å². The van der Waals surface area contributed by atoms with E-state index in [1.165, 1.54) is 5.56 Å². The van der Waals surface area contributed by atoms with Gasteiger partial charge in [-0.15, -0.1) is 0 Å². The fraction of sp³-hybridized carbons (Fsp3) is 0.400. The monoisotopic (exact) mass is 184 g/mol. The molecule has 1 nitrogen and oxygen atoms in total. The van der Waals surface area contributed by atoms with Crippen molar-refractivity contribution in [1.82, 2.24) is 0 Å². The zero-order valence-corrected chi connectivity index (χ0v) is 8.55. The Bertz CT molecular complexity index is 238. The van der Waals surface area contributed by atoms with Gasteiger partial charge in [-0.25, -0.2) is 0 Å². The maximum Gasteiger partial charge on any atom is 0.190 e. The van der Waals surface area contributed by atoms with Gasteiger partial charge in [0.15, 0.2) is 5.50 Å². The minimum Gasteiger partial charge on any atom is -0.312 e. The van der Waals surface area contributed by atoms with Crippen molar-refractivity contribution < 1.29 is 4.48 Å². The first-order valence-electron chi connectivity index (χ1n) is 4.02. The molecule has 0 spiro atoms. The molecule has 0 radical (unpaired) electrons. The van der Waals surface area contributed by atoms with Gasteiger partial charge in [0.25, 0.3) is 0 Å². The second kappa shape index (κ2) is 3.46. The van der Waals surface area contributed by atoms with Crippen molar-refractivity contribution in [2.24, 2.45) is 0 Å². The summed E-state index contributed by atoms with van der Waals surface area (Å²) in [6.45, 7) is 0. The van der Waals surface area contributed by atoms with Crippen LogP contribution in [0.5, 0.6) is 0 Å². The van der Waals surface area contributed by atoms with Crippen molar-refractivity contribution in [1.29, 1.82) is 0 Å². The van der Waals surface area contributed by atoms with Crippen molar-refractivity contribution in [3.05, 3.63) is 35.9 Å². The summed E-state index contributed by atoms with van der Waals surface area (Å²) >= 11 is 6.25. The molecule has 0 aromatic heterocycles. The number of alkyl halides is 1. The first kappa shape index (κ1) is 9.56. The summed E-state index contributed by atoms with van der Waals surface area (Å²) in [6.07, 6.45) is 0. The molecule has 12 heavy (non-hydrogen) atoms. The number of nitrogens with zero attached hydrogens (tertiary/aromatic N) is 1. The molecule has 0 amide bonds. The van der Waals surface area contributed by atoms with Crippen LogP contribution in [-0.4, -0.2) is 25.6 Å². The molecule has 1 aromatic rings. The molecule has 0 saturated heterocycles. The molecule has 0 fully saturated rings. The summed E-state index contributed by atoms with van der Waals surface area (Å²) in [5.41, 5.74) is 1.21. The number of quaternary nitrogens is 1. The highest BCUT2D eigenvalue weighted by Crippen LogP contribution is 2.26. The van der Waals surface area contributed by atoms with Crippen LogP contribution in [0.3, 0.4) is 0 Å². The fourth-order valence-corrected chi connectivity index (χ4v) is 1.20. The minimum absolute atomic E-state index is 0.0335. The summed E-state index contributed by atoms with van der Waals surface area (Å²) in [5.74, 6) is 0. The fourth-order valence-electron chi connectivity index (χ4n) is 1.06. The Morgan fingerprint density at radius 1 is 1.08 bits per heavy atom. The van der Waals surface area contributed by atoms with Crippen LogP contribution >= 0.6 is 11.6 Å². The van der Waals surface area contributed by atoms with Crippen molar-refractivity contribution in [2.45, 2.75) is 5.50 Å². The van der Waals surface area contributed by atoms with Crippen LogP contribution in [0.15, 0.2) is 30.3 Å². The summed E-state index contributed by atoms with van der Waals surface area (Å²) < 4.78 is 0.742. The molecule has 0 heterocycles. The lowest BCUT2D eigenvalue weighted by atomic mass is 10.2. The van der Waals surface area contributed by atoms with Gasteiger partial charge in [0.05, 0.1) is 21.1 Å². The SMILES string of the molecule is C[N+](C)(C)C(Cl)c1ccccc1. The predicted molar refractivity (Wildman–Crippen MR) is 53.1 cm³/mol. The van der Waals surface area contributed by atoms with Gasteiger partial charge in [-0.05, 0) is 0 Å². The normalized spacial score (nSPS) is 14.3. The van der Waals surface area contributed by atoms with E-state index in [1.807, 2.05) is 18.2 Å². The van der Waals surface area contributed by atoms with E-state index >= 15 is 0 Å². The van der Waals surface area contributed by atoms with Crippen LogP contribution in [0.1, 0.15) is 11.1 Å². The van der Waals surface area contributed by atoms with Gasteiger partial charge in [0.2, 0.25) is 0 Å². The van der Waals surface area contributed by atoms with E-state index in [4.69, 9.17) is 11.6 Å². The molecular formula is C10H15ClN+. The average Bonchev–Trinajstić information content (AvgIpc) is 2.03. The Labute approximate surface area is 79.2 Å². The van der Waals surface area contributed by atoms with E-state index in [0.29, 0.717) is 0 Å². The Morgan fingerprint density at radius 2 is 1.58 bits per heavy atom. The third-order valence-electron chi connectivity index (χ3n) is 1.75. The molecule has 66 valence electrons. The molecule has 0 aliphatic carbocycles. The van der Waals surface area contributed by atoms with Crippen molar-refractivity contribution in [3.8, 4) is 0 Å². The van der Waals surface area contributed by atoms with Gasteiger partial charge in [-0.1, -0.05) is 41.9 Å². The highest BCUT2D eigenvalue weighted by Gasteiger charge is 2.21. The lowest BCUT2D eigenvalue weighted by Gasteiger charge is -2.29. The first-order valence-corrected chi connectivity index (χ1v) is 4.45. The number of hydrogen-bond acceptors (Lipinski definition) is 0. The third-order valence-corrected chi connectivity index (χ3v) is 2.59. The number of hydrogen-bond donors (Lipinski definition) is 0. The van der Waals surface area contributed by atoms with Gasteiger partial charge in [0, 0.05) is 5.56 Å². The third kappa shape index (κ3) is 2.23. The summed E-state index contributed by atoms with van der Waals surface area (Å²) in [7, 11) is 6.26. The van der Waals surface area contributed by atoms with Gasteiger partial charge in [-0.3, -0.25) is 0 Å². The summed E-state index contributed by atoms with van der Waals surface area (Å²) in [5, 5.41) is 0. The Kier molecular flexibility index (Phi) is 2.76. The van der Waals surface area contributed by atoms with Gasteiger partial charge < -0.3 is 4.48 Å². The van der Waals surface area contributed by atoms with Crippen LogP contribution in [0, 0.1) is 0 Å². The van der Waals surface area contributed by atoms with Crippen LogP contribution in [0.25, 0.3) is 0 Å². The molecule has 2 heteroatoms. The lowest BCUT2D eigenvalue weighted by Crippen LogP contribution is -2.35. The molecule has 0 N–H and O–H groups in total. The van der Waals surface area contributed by atoms with Gasteiger partial charge in [-0.2, -0.15) is 0 Å². The summed E-state index contributed by atoms with van der Waals surface area (Å²) in [4.78, 5) is 0. The minimum atomic E-state index is 0.0335. The zero-order chi connectivity index (χ0) is 9.19. The maximum atomic E-state index is 6.25. The number of halogens is 1. The van der Waals surface area contributed by atoms with Gasteiger partial charge in [0.1, 0.15) is 0 Å². The Hall–Kier alpha value is -0.530. The van der Waals surface area contributed by atoms with Crippen molar-refractivity contribution in [3.63, 3.8) is 0 Å². The molecule has 0 aliphatic rings. The summed E-state index contributed by atoms with van der Waals surface area (Å²) in [6, 6.07) is 10.1. The van der Waals surface area contributed by atoms with E-state index in [1.54, 1.807) is 0 Å². The maximum absolute atomic E-state index is 6.25. The smallest absolute Gasteiger partial charge is 0.190 e.